The normalized spacial score (nSPS) is 14.6. The van der Waals surface area contributed by atoms with Crippen LogP contribution in [0, 0.1) is 10.1 Å². The van der Waals surface area contributed by atoms with Crippen molar-refractivity contribution in [2.75, 3.05) is 7.05 Å². The fraction of sp³-hybridized carbons (Fsp3) is 0.143. The van der Waals surface area contributed by atoms with Gasteiger partial charge in [0.05, 0.1) is 17.2 Å². The van der Waals surface area contributed by atoms with E-state index in [1.165, 1.54) is 12.3 Å². The highest BCUT2D eigenvalue weighted by Crippen LogP contribution is 1.98. The van der Waals surface area contributed by atoms with Crippen molar-refractivity contribution in [1.29, 1.82) is 0 Å². The number of allylic oxidation sites excluding steroid dienone is 1. The van der Waals surface area contributed by atoms with Gasteiger partial charge in [-0.3, -0.25) is 10.1 Å². The SMILES string of the molecule is CN1C=C=CC([N+](=O)[O-])=C=C1. The number of nitro groups is 1. The summed E-state index contributed by atoms with van der Waals surface area (Å²) in [6.45, 7) is 0. The summed E-state index contributed by atoms with van der Waals surface area (Å²) in [7, 11) is 1.75. The summed E-state index contributed by atoms with van der Waals surface area (Å²) in [4.78, 5) is 11.3. The van der Waals surface area contributed by atoms with Gasteiger partial charge in [0.2, 0.25) is 0 Å². The molecular formula is C7H6N2O2. The van der Waals surface area contributed by atoms with Gasteiger partial charge < -0.3 is 4.90 Å². The van der Waals surface area contributed by atoms with E-state index in [0.717, 1.165) is 0 Å². The highest BCUT2D eigenvalue weighted by Gasteiger charge is 2.03. The van der Waals surface area contributed by atoms with Gasteiger partial charge in [0.15, 0.2) is 0 Å². The minimum absolute atomic E-state index is 0.0781. The van der Waals surface area contributed by atoms with Crippen LogP contribution in [0.3, 0.4) is 0 Å². The van der Waals surface area contributed by atoms with Crippen molar-refractivity contribution in [3.63, 3.8) is 0 Å². The van der Waals surface area contributed by atoms with Crippen molar-refractivity contribution < 1.29 is 4.92 Å². The quantitative estimate of drug-likeness (QED) is 0.316. The number of hydrogen-bond acceptors (Lipinski definition) is 3. The van der Waals surface area contributed by atoms with Crippen LogP contribution in [0.4, 0.5) is 0 Å². The van der Waals surface area contributed by atoms with Gasteiger partial charge in [-0.15, -0.1) is 0 Å². The average Bonchev–Trinajstić information content (AvgIpc) is 2.13. The third kappa shape index (κ3) is 1.83. The molecule has 4 heteroatoms. The largest absolute Gasteiger partial charge is 0.344 e. The van der Waals surface area contributed by atoms with Gasteiger partial charge in [0, 0.05) is 13.2 Å². The summed E-state index contributed by atoms with van der Waals surface area (Å²) >= 11 is 0. The van der Waals surface area contributed by atoms with Crippen LogP contribution in [-0.4, -0.2) is 16.9 Å². The van der Waals surface area contributed by atoms with E-state index in [1.807, 2.05) is 0 Å². The first-order valence-electron chi connectivity index (χ1n) is 2.96. The molecular weight excluding hydrogens is 144 g/mol. The molecule has 0 aromatic heterocycles. The van der Waals surface area contributed by atoms with Crippen molar-refractivity contribution in [3.8, 4) is 0 Å². The molecule has 1 rings (SSSR count). The highest BCUT2D eigenvalue weighted by molar-refractivity contribution is 5.12. The van der Waals surface area contributed by atoms with Gasteiger partial charge in [0.1, 0.15) is 0 Å². The third-order valence-electron chi connectivity index (χ3n) is 1.11. The van der Waals surface area contributed by atoms with Crippen molar-refractivity contribution in [2.24, 2.45) is 0 Å². The van der Waals surface area contributed by atoms with Crippen LogP contribution < -0.4 is 0 Å². The van der Waals surface area contributed by atoms with Gasteiger partial charge >= 0.3 is 5.70 Å². The van der Waals surface area contributed by atoms with Crippen LogP contribution in [0.1, 0.15) is 0 Å². The molecule has 0 radical (unpaired) electrons. The van der Waals surface area contributed by atoms with Crippen LogP contribution in [0.15, 0.2) is 35.6 Å². The van der Waals surface area contributed by atoms with E-state index < -0.39 is 4.92 Å². The first-order chi connectivity index (χ1) is 5.20. The fourth-order valence-corrected chi connectivity index (χ4v) is 0.586. The minimum Gasteiger partial charge on any atom is -0.344 e. The second kappa shape index (κ2) is 2.88. The van der Waals surface area contributed by atoms with E-state index in [4.69, 9.17) is 0 Å². The number of rotatable bonds is 1. The van der Waals surface area contributed by atoms with Crippen LogP contribution in [-0.2, 0) is 0 Å². The highest BCUT2D eigenvalue weighted by atomic mass is 16.6. The Labute approximate surface area is 63.6 Å². The third-order valence-corrected chi connectivity index (χ3v) is 1.11. The molecule has 0 amide bonds. The zero-order valence-corrected chi connectivity index (χ0v) is 5.94. The molecule has 0 fully saturated rings. The van der Waals surface area contributed by atoms with Crippen molar-refractivity contribution in [2.45, 2.75) is 0 Å². The van der Waals surface area contributed by atoms with E-state index in [0.29, 0.717) is 0 Å². The Morgan fingerprint density at radius 2 is 2.36 bits per heavy atom. The topological polar surface area (TPSA) is 46.4 Å². The summed E-state index contributed by atoms with van der Waals surface area (Å²) in [5, 5.41) is 10.2. The van der Waals surface area contributed by atoms with Crippen molar-refractivity contribution in [1.82, 2.24) is 4.90 Å². The fourth-order valence-electron chi connectivity index (χ4n) is 0.586. The minimum atomic E-state index is -0.503. The Balaban J connectivity index is 3.07. The molecule has 0 saturated carbocycles. The molecule has 0 saturated heterocycles. The van der Waals surface area contributed by atoms with E-state index in [9.17, 15) is 10.1 Å². The summed E-state index contributed by atoms with van der Waals surface area (Å²) in [6.07, 6.45) is 4.35. The zero-order chi connectivity index (χ0) is 8.27. The van der Waals surface area contributed by atoms with Crippen LogP contribution in [0.25, 0.3) is 0 Å². The molecule has 4 nitrogen and oxygen atoms in total. The Morgan fingerprint density at radius 3 is 3.00 bits per heavy atom. The van der Waals surface area contributed by atoms with Crippen LogP contribution >= 0.6 is 0 Å². The molecule has 0 unspecified atom stereocenters. The molecule has 56 valence electrons. The maximum absolute atomic E-state index is 10.2. The standard InChI is InChI=1S/C7H6N2O2/c1-8-5-2-3-7(4-6-8)9(10)11/h3,5-6H,1H3. The lowest BCUT2D eigenvalue weighted by Crippen LogP contribution is -1.97. The smallest absolute Gasteiger partial charge is 0.321 e. The lowest BCUT2D eigenvalue weighted by Gasteiger charge is -1.99. The van der Waals surface area contributed by atoms with Gasteiger partial charge in [0.25, 0.3) is 0 Å². The van der Waals surface area contributed by atoms with Crippen LogP contribution in [0.2, 0.25) is 0 Å². The summed E-state index contributed by atoms with van der Waals surface area (Å²) in [6, 6.07) is 0. The predicted molar refractivity (Wildman–Crippen MR) is 39.0 cm³/mol. The molecule has 0 aromatic carbocycles. The van der Waals surface area contributed by atoms with Gasteiger partial charge in [-0.05, 0) is 5.73 Å². The Morgan fingerprint density at radius 1 is 1.64 bits per heavy atom. The lowest BCUT2D eigenvalue weighted by atomic mass is 10.4. The maximum atomic E-state index is 10.2. The molecule has 1 heterocycles. The Bertz CT molecular complexity index is 304. The second-order valence-corrected chi connectivity index (χ2v) is 2.02. The number of nitrogens with zero attached hydrogens (tertiary/aromatic N) is 2. The van der Waals surface area contributed by atoms with E-state index in [1.54, 1.807) is 18.1 Å². The van der Waals surface area contributed by atoms with Gasteiger partial charge in [-0.1, -0.05) is 5.73 Å². The average molecular weight is 150 g/mol. The lowest BCUT2D eigenvalue weighted by molar-refractivity contribution is -0.418. The monoisotopic (exact) mass is 150 g/mol. The number of hydrogen-bond donors (Lipinski definition) is 0. The summed E-state index contributed by atoms with van der Waals surface area (Å²) < 4.78 is 0. The molecule has 0 aromatic rings. The predicted octanol–water partition coefficient (Wildman–Crippen LogP) is 0.874. The molecule has 0 bridgehead atoms. The molecule has 11 heavy (non-hydrogen) atoms. The zero-order valence-electron chi connectivity index (χ0n) is 5.94. The Kier molecular flexibility index (Phi) is 1.93. The van der Waals surface area contributed by atoms with Crippen LogP contribution in [0.5, 0.6) is 0 Å². The molecule has 0 atom stereocenters. The van der Waals surface area contributed by atoms with Gasteiger partial charge in [-0.2, -0.15) is 0 Å². The maximum Gasteiger partial charge on any atom is 0.321 e. The molecule has 0 N–H and O–H groups in total. The van der Waals surface area contributed by atoms with E-state index in [-0.39, 0.29) is 5.70 Å². The second-order valence-electron chi connectivity index (χ2n) is 2.02. The van der Waals surface area contributed by atoms with E-state index in [2.05, 4.69) is 11.5 Å². The molecule has 0 spiro atoms. The first-order valence-corrected chi connectivity index (χ1v) is 2.96. The molecule has 1 aliphatic heterocycles. The summed E-state index contributed by atoms with van der Waals surface area (Å²) in [5.41, 5.74) is 5.05. The molecule has 1 aliphatic rings. The molecule has 0 aliphatic carbocycles. The summed E-state index contributed by atoms with van der Waals surface area (Å²) in [5.74, 6) is 0. The first kappa shape index (κ1) is 7.35. The Hall–Kier alpha value is -1.76. The van der Waals surface area contributed by atoms with E-state index >= 15 is 0 Å². The van der Waals surface area contributed by atoms with Gasteiger partial charge in [-0.25, -0.2) is 0 Å². The van der Waals surface area contributed by atoms with Crippen molar-refractivity contribution in [3.05, 3.63) is 45.7 Å². The van der Waals surface area contributed by atoms with Crippen molar-refractivity contribution >= 4 is 0 Å².